The molecule has 0 N–H and O–H groups in total. The second kappa shape index (κ2) is 6.47. The minimum absolute atomic E-state index is 0.429. The zero-order valence-corrected chi connectivity index (χ0v) is 14.3. The van der Waals surface area contributed by atoms with Gasteiger partial charge in [0.25, 0.3) is 11.7 Å². The van der Waals surface area contributed by atoms with E-state index in [-0.39, 0.29) is 0 Å². The van der Waals surface area contributed by atoms with E-state index in [1.54, 1.807) is 23.6 Å². The molecule has 1 fully saturated rings. The SMILES string of the molecule is Cc1nn(C)c(C)c1C(=O)C(=O)N1CCN(c2ccccc2)CC1. The molecule has 1 aromatic heterocycles. The molecule has 1 aliphatic heterocycles. The molecule has 3 rings (SSSR count). The molecule has 0 atom stereocenters. The van der Waals surface area contributed by atoms with Crippen molar-refractivity contribution in [2.75, 3.05) is 31.1 Å². The lowest BCUT2D eigenvalue weighted by atomic mass is 10.1. The number of nitrogens with zero attached hydrogens (tertiary/aromatic N) is 4. The Bertz CT molecular complexity index is 759. The van der Waals surface area contributed by atoms with Crippen molar-refractivity contribution < 1.29 is 9.59 Å². The van der Waals surface area contributed by atoms with E-state index in [2.05, 4.69) is 22.1 Å². The third kappa shape index (κ3) is 2.91. The van der Waals surface area contributed by atoms with Crippen LogP contribution in [0.4, 0.5) is 5.69 Å². The average Bonchev–Trinajstić information content (AvgIpc) is 2.87. The number of hydrogen-bond donors (Lipinski definition) is 0. The Balaban J connectivity index is 1.68. The van der Waals surface area contributed by atoms with Gasteiger partial charge >= 0.3 is 0 Å². The predicted molar refractivity (Wildman–Crippen MR) is 92.2 cm³/mol. The first-order valence-corrected chi connectivity index (χ1v) is 8.13. The number of ketones is 1. The Morgan fingerprint density at radius 3 is 2.17 bits per heavy atom. The number of carbonyl (C=O) groups is 2. The highest BCUT2D eigenvalue weighted by molar-refractivity contribution is 6.43. The van der Waals surface area contributed by atoms with E-state index in [0.29, 0.717) is 24.3 Å². The van der Waals surface area contributed by atoms with Gasteiger partial charge in [-0.2, -0.15) is 5.10 Å². The lowest BCUT2D eigenvalue weighted by molar-refractivity contribution is -0.126. The molecule has 1 amide bonds. The summed E-state index contributed by atoms with van der Waals surface area (Å²) in [6, 6.07) is 10.1. The molecule has 0 spiro atoms. The maximum atomic E-state index is 12.6. The lowest BCUT2D eigenvalue weighted by Crippen LogP contribution is -2.50. The number of hydrogen-bond acceptors (Lipinski definition) is 4. The summed E-state index contributed by atoms with van der Waals surface area (Å²) in [4.78, 5) is 29.0. The van der Waals surface area contributed by atoms with E-state index in [9.17, 15) is 9.59 Å². The van der Waals surface area contributed by atoms with Crippen LogP contribution in [-0.4, -0.2) is 52.5 Å². The maximum Gasteiger partial charge on any atom is 0.295 e. The third-order valence-electron chi connectivity index (χ3n) is 4.62. The number of piperazine rings is 1. The van der Waals surface area contributed by atoms with Crippen LogP contribution < -0.4 is 4.90 Å². The number of amides is 1. The van der Waals surface area contributed by atoms with Gasteiger partial charge in [0.1, 0.15) is 0 Å². The van der Waals surface area contributed by atoms with Crippen molar-refractivity contribution in [3.8, 4) is 0 Å². The molecule has 0 radical (unpaired) electrons. The molecule has 1 saturated heterocycles. The van der Waals surface area contributed by atoms with E-state index in [4.69, 9.17) is 0 Å². The number of anilines is 1. The van der Waals surface area contributed by atoms with Gasteiger partial charge in [0.2, 0.25) is 0 Å². The van der Waals surface area contributed by atoms with Gasteiger partial charge in [-0.15, -0.1) is 0 Å². The summed E-state index contributed by atoms with van der Waals surface area (Å²) in [6.45, 7) is 6.15. The Kier molecular flexibility index (Phi) is 4.38. The van der Waals surface area contributed by atoms with E-state index in [0.717, 1.165) is 24.5 Å². The third-order valence-corrected chi connectivity index (χ3v) is 4.62. The van der Waals surface area contributed by atoms with Crippen LogP contribution in [0.3, 0.4) is 0 Å². The fourth-order valence-corrected chi connectivity index (χ4v) is 3.16. The van der Waals surface area contributed by atoms with Gasteiger partial charge in [0.05, 0.1) is 11.3 Å². The van der Waals surface area contributed by atoms with Gasteiger partial charge in [-0.05, 0) is 26.0 Å². The zero-order chi connectivity index (χ0) is 17.3. The van der Waals surface area contributed by atoms with Crippen molar-refractivity contribution in [1.82, 2.24) is 14.7 Å². The highest BCUT2D eigenvalue weighted by Gasteiger charge is 2.30. The molecular formula is C18H22N4O2. The van der Waals surface area contributed by atoms with Gasteiger partial charge in [-0.1, -0.05) is 18.2 Å². The van der Waals surface area contributed by atoms with Gasteiger partial charge in [-0.3, -0.25) is 14.3 Å². The number of Topliss-reactive ketones (excluding diaryl/α,β-unsaturated/α-hetero) is 1. The largest absolute Gasteiger partial charge is 0.368 e. The average molecular weight is 326 g/mol. The fraction of sp³-hybridized carbons (Fsp3) is 0.389. The molecular weight excluding hydrogens is 304 g/mol. The number of benzene rings is 1. The fourth-order valence-electron chi connectivity index (χ4n) is 3.16. The topological polar surface area (TPSA) is 58.4 Å². The van der Waals surface area contributed by atoms with Crippen molar-refractivity contribution in [3.63, 3.8) is 0 Å². The summed E-state index contributed by atoms with van der Waals surface area (Å²) in [5.74, 6) is -0.881. The van der Waals surface area contributed by atoms with Crippen LogP contribution in [0, 0.1) is 13.8 Å². The number of rotatable bonds is 3. The molecule has 0 unspecified atom stereocenters. The summed E-state index contributed by atoms with van der Waals surface area (Å²) in [7, 11) is 1.78. The highest BCUT2D eigenvalue weighted by Crippen LogP contribution is 2.18. The lowest BCUT2D eigenvalue weighted by Gasteiger charge is -2.35. The van der Waals surface area contributed by atoms with Crippen LogP contribution in [0.15, 0.2) is 30.3 Å². The van der Waals surface area contributed by atoms with Gasteiger partial charge in [0.15, 0.2) is 0 Å². The first kappa shape index (κ1) is 16.2. The normalized spacial score (nSPS) is 14.8. The highest BCUT2D eigenvalue weighted by atomic mass is 16.2. The minimum Gasteiger partial charge on any atom is -0.368 e. The van der Waals surface area contributed by atoms with Gasteiger partial charge < -0.3 is 9.80 Å². The summed E-state index contributed by atoms with van der Waals surface area (Å²) >= 11 is 0. The van der Waals surface area contributed by atoms with Crippen LogP contribution in [0.25, 0.3) is 0 Å². The molecule has 6 nitrogen and oxygen atoms in total. The number of carbonyl (C=O) groups excluding carboxylic acids is 2. The first-order valence-electron chi connectivity index (χ1n) is 8.13. The zero-order valence-electron chi connectivity index (χ0n) is 14.3. The molecule has 6 heteroatoms. The number of aromatic nitrogens is 2. The summed E-state index contributed by atoms with van der Waals surface area (Å²) in [5, 5.41) is 4.23. The van der Waals surface area contributed by atoms with Crippen molar-refractivity contribution in [2.24, 2.45) is 7.05 Å². The molecule has 2 aromatic rings. The number of aryl methyl sites for hydroxylation is 2. The van der Waals surface area contributed by atoms with Crippen LogP contribution in [0.5, 0.6) is 0 Å². The Morgan fingerprint density at radius 2 is 1.62 bits per heavy atom. The standard InChI is InChI=1S/C18H22N4O2/c1-13-16(14(2)20(3)19-13)17(23)18(24)22-11-9-21(10-12-22)15-7-5-4-6-8-15/h4-8H,9-12H2,1-3H3. The van der Waals surface area contributed by atoms with Crippen LogP contribution in [0.1, 0.15) is 21.7 Å². The molecule has 126 valence electrons. The van der Waals surface area contributed by atoms with Gasteiger partial charge in [-0.25, -0.2) is 0 Å². The summed E-state index contributed by atoms with van der Waals surface area (Å²) in [6.07, 6.45) is 0. The molecule has 0 bridgehead atoms. The maximum absolute atomic E-state index is 12.6. The Morgan fingerprint density at radius 1 is 1.00 bits per heavy atom. The van der Waals surface area contributed by atoms with Gasteiger partial charge in [0, 0.05) is 44.6 Å². The first-order chi connectivity index (χ1) is 11.5. The molecule has 24 heavy (non-hydrogen) atoms. The van der Waals surface area contributed by atoms with E-state index in [1.165, 1.54) is 0 Å². The molecule has 2 heterocycles. The van der Waals surface area contributed by atoms with E-state index < -0.39 is 11.7 Å². The minimum atomic E-state index is -0.453. The van der Waals surface area contributed by atoms with Crippen molar-refractivity contribution in [2.45, 2.75) is 13.8 Å². The molecule has 0 saturated carbocycles. The Hall–Kier alpha value is -2.63. The molecule has 1 aromatic carbocycles. The van der Waals surface area contributed by atoms with Crippen molar-refractivity contribution in [3.05, 3.63) is 47.3 Å². The van der Waals surface area contributed by atoms with Crippen molar-refractivity contribution >= 4 is 17.4 Å². The Labute approximate surface area is 141 Å². The van der Waals surface area contributed by atoms with E-state index >= 15 is 0 Å². The van der Waals surface area contributed by atoms with Crippen molar-refractivity contribution in [1.29, 1.82) is 0 Å². The quantitative estimate of drug-likeness (QED) is 0.634. The summed E-state index contributed by atoms with van der Waals surface area (Å²) in [5.41, 5.74) is 2.92. The van der Waals surface area contributed by atoms with Crippen LogP contribution in [0.2, 0.25) is 0 Å². The molecule has 0 aliphatic carbocycles. The summed E-state index contributed by atoms with van der Waals surface area (Å²) < 4.78 is 1.64. The number of para-hydroxylation sites is 1. The predicted octanol–water partition coefficient (Wildman–Crippen LogP) is 1.57. The van der Waals surface area contributed by atoms with E-state index in [1.807, 2.05) is 25.1 Å². The monoisotopic (exact) mass is 326 g/mol. The van der Waals surface area contributed by atoms with Crippen LogP contribution in [-0.2, 0) is 11.8 Å². The van der Waals surface area contributed by atoms with Crippen LogP contribution >= 0.6 is 0 Å². The smallest absolute Gasteiger partial charge is 0.295 e. The second-order valence-electron chi connectivity index (χ2n) is 6.11. The molecule has 1 aliphatic rings. The second-order valence-corrected chi connectivity index (χ2v) is 6.11.